The fourth-order valence-electron chi connectivity index (χ4n) is 5.38. The summed E-state index contributed by atoms with van der Waals surface area (Å²) in [6.45, 7) is -0.391. The van der Waals surface area contributed by atoms with Crippen LogP contribution in [0.3, 0.4) is 0 Å². The van der Waals surface area contributed by atoms with Crippen LogP contribution in [-0.4, -0.2) is 29.4 Å². The van der Waals surface area contributed by atoms with Gasteiger partial charge in [0.15, 0.2) is 6.61 Å². The molecule has 4 saturated carbocycles. The molecule has 8 heteroatoms. The summed E-state index contributed by atoms with van der Waals surface area (Å²) in [4.78, 5) is 34.6. The number of rotatable bonds is 5. The van der Waals surface area contributed by atoms with Crippen molar-refractivity contribution in [2.45, 2.75) is 38.1 Å². The summed E-state index contributed by atoms with van der Waals surface area (Å²) in [5.74, 6) is 1.62. The summed E-state index contributed by atoms with van der Waals surface area (Å²) in [5.41, 5.74) is -0.377. The molecule has 1 N–H and O–H groups in total. The zero-order chi connectivity index (χ0) is 19.1. The summed E-state index contributed by atoms with van der Waals surface area (Å²) in [6.07, 6.45) is 6.09. The van der Waals surface area contributed by atoms with Crippen LogP contribution < -0.4 is 5.32 Å². The van der Waals surface area contributed by atoms with Crippen molar-refractivity contribution < 1.29 is 19.2 Å². The van der Waals surface area contributed by atoms with Crippen LogP contribution in [0.15, 0.2) is 18.2 Å². The van der Waals surface area contributed by atoms with Crippen LogP contribution in [0.1, 0.15) is 42.5 Å². The number of carbonyl (C=O) groups excluding carboxylic acids is 2. The molecule has 0 radical (unpaired) electrons. The Morgan fingerprint density at radius 3 is 2.37 bits per heavy atom. The van der Waals surface area contributed by atoms with E-state index < -0.39 is 17.5 Å². The molecular formula is C19H21ClN2O5. The van der Waals surface area contributed by atoms with Gasteiger partial charge >= 0.3 is 5.97 Å². The maximum absolute atomic E-state index is 12.3. The number of nitro groups is 1. The molecule has 4 fully saturated rings. The SMILES string of the molecule is O=C(COC(=O)c1ccc(Cl)c([N+](=O)[O-])c1)NC1C2CC3CC(C2)CC1C3. The highest BCUT2D eigenvalue weighted by Gasteiger charge is 2.48. The lowest BCUT2D eigenvalue weighted by atomic mass is 9.54. The van der Waals surface area contributed by atoms with E-state index in [-0.39, 0.29) is 28.2 Å². The van der Waals surface area contributed by atoms with Crippen molar-refractivity contribution in [1.29, 1.82) is 0 Å². The predicted octanol–water partition coefficient (Wildman–Crippen LogP) is 3.35. The van der Waals surface area contributed by atoms with Gasteiger partial charge in [-0.3, -0.25) is 14.9 Å². The van der Waals surface area contributed by atoms with Crippen molar-refractivity contribution in [3.8, 4) is 0 Å². The van der Waals surface area contributed by atoms with Gasteiger partial charge in [-0.25, -0.2) is 4.79 Å². The molecule has 0 spiro atoms. The zero-order valence-electron chi connectivity index (χ0n) is 14.7. The van der Waals surface area contributed by atoms with Crippen molar-refractivity contribution >= 4 is 29.2 Å². The maximum atomic E-state index is 12.3. The first kappa shape index (κ1) is 18.2. The van der Waals surface area contributed by atoms with Gasteiger partial charge in [-0.15, -0.1) is 0 Å². The number of nitrogens with zero attached hydrogens (tertiary/aromatic N) is 1. The molecule has 0 saturated heterocycles. The van der Waals surface area contributed by atoms with Crippen LogP contribution in [0.4, 0.5) is 5.69 Å². The average molecular weight is 393 g/mol. The Hall–Kier alpha value is -2.15. The highest BCUT2D eigenvalue weighted by atomic mass is 35.5. The highest BCUT2D eigenvalue weighted by Crippen LogP contribution is 2.53. The molecule has 1 amide bonds. The summed E-state index contributed by atoms with van der Waals surface area (Å²) in [7, 11) is 0. The minimum atomic E-state index is -0.782. The second-order valence-electron chi connectivity index (χ2n) is 8.02. The second-order valence-corrected chi connectivity index (χ2v) is 8.43. The number of esters is 1. The molecule has 7 nitrogen and oxygen atoms in total. The number of hydrogen-bond donors (Lipinski definition) is 1. The maximum Gasteiger partial charge on any atom is 0.338 e. The first-order valence-electron chi connectivity index (χ1n) is 9.31. The third-order valence-corrected chi connectivity index (χ3v) is 6.59. The Labute approximate surface area is 161 Å². The van der Waals surface area contributed by atoms with Gasteiger partial charge in [0.25, 0.3) is 11.6 Å². The van der Waals surface area contributed by atoms with E-state index in [4.69, 9.17) is 16.3 Å². The van der Waals surface area contributed by atoms with E-state index in [1.165, 1.54) is 44.2 Å². The normalized spacial score (nSPS) is 30.8. The van der Waals surface area contributed by atoms with E-state index in [9.17, 15) is 19.7 Å². The number of amides is 1. The van der Waals surface area contributed by atoms with Crippen molar-refractivity contribution in [1.82, 2.24) is 5.32 Å². The van der Waals surface area contributed by atoms with Crippen LogP contribution in [0.5, 0.6) is 0 Å². The van der Waals surface area contributed by atoms with Gasteiger partial charge in [0.2, 0.25) is 0 Å². The van der Waals surface area contributed by atoms with Crippen molar-refractivity contribution in [2.75, 3.05) is 6.61 Å². The number of halogens is 1. The molecule has 27 heavy (non-hydrogen) atoms. The van der Waals surface area contributed by atoms with Crippen molar-refractivity contribution in [3.63, 3.8) is 0 Å². The molecule has 0 unspecified atom stereocenters. The molecule has 1 aromatic rings. The molecule has 5 rings (SSSR count). The number of carbonyl (C=O) groups is 2. The van der Waals surface area contributed by atoms with E-state index in [1.807, 2.05) is 0 Å². The smallest absolute Gasteiger partial charge is 0.338 e. The standard InChI is InChI=1S/C19H21ClN2O5/c20-15-2-1-12(8-16(15)22(25)26)19(24)27-9-17(23)21-18-13-4-10-3-11(6-13)7-14(18)5-10/h1-2,8,10-11,13-14,18H,3-7,9H2,(H,21,23). The first-order chi connectivity index (χ1) is 12.9. The lowest BCUT2D eigenvalue weighted by Crippen LogP contribution is -2.56. The van der Waals surface area contributed by atoms with Crippen LogP contribution in [0, 0.1) is 33.8 Å². The fourth-order valence-corrected chi connectivity index (χ4v) is 5.57. The molecule has 4 aliphatic rings. The second kappa shape index (κ2) is 7.11. The molecule has 1 aromatic carbocycles. The number of ether oxygens (including phenoxy) is 1. The van der Waals surface area contributed by atoms with E-state index in [1.54, 1.807) is 0 Å². The average Bonchev–Trinajstić information content (AvgIpc) is 2.62. The van der Waals surface area contributed by atoms with Crippen LogP contribution >= 0.6 is 11.6 Å². The van der Waals surface area contributed by atoms with Crippen molar-refractivity contribution in [2.24, 2.45) is 23.7 Å². The van der Waals surface area contributed by atoms with E-state index in [2.05, 4.69) is 5.32 Å². The molecule has 0 heterocycles. The Bertz CT molecular complexity index is 768. The van der Waals surface area contributed by atoms with E-state index in [0.717, 1.165) is 17.9 Å². The highest BCUT2D eigenvalue weighted by molar-refractivity contribution is 6.32. The molecule has 0 aliphatic heterocycles. The Morgan fingerprint density at radius 2 is 1.78 bits per heavy atom. The van der Waals surface area contributed by atoms with E-state index >= 15 is 0 Å². The van der Waals surface area contributed by atoms with Crippen LogP contribution in [0.2, 0.25) is 5.02 Å². The minimum Gasteiger partial charge on any atom is -0.452 e. The lowest BCUT2D eigenvalue weighted by Gasteiger charge is -2.54. The van der Waals surface area contributed by atoms with Gasteiger partial charge < -0.3 is 10.1 Å². The molecular weight excluding hydrogens is 372 g/mol. The molecule has 144 valence electrons. The van der Waals surface area contributed by atoms with Gasteiger partial charge in [-0.1, -0.05) is 11.6 Å². The minimum absolute atomic E-state index is 0.00600. The lowest BCUT2D eigenvalue weighted by molar-refractivity contribution is -0.384. The summed E-state index contributed by atoms with van der Waals surface area (Å²) >= 11 is 5.73. The number of hydrogen-bond acceptors (Lipinski definition) is 5. The summed E-state index contributed by atoms with van der Waals surface area (Å²) in [5, 5.41) is 13.9. The van der Waals surface area contributed by atoms with Gasteiger partial charge in [0, 0.05) is 12.1 Å². The van der Waals surface area contributed by atoms with Crippen LogP contribution in [-0.2, 0) is 9.53 Å². The fraction of sp³-hybridized carbons (Fsp3) is 0.579. The van der Waals surface area contributed by atoms with Gasteiger partial charge in [-0.2, -0.15) is 0 Å². The van der Waals surface area contributed by atoms with E-state index in [0.29, 0.717) is 11.8 Å². The Balaban J connectivity index is 1.32. The molecule has 4 aliphatic carbocycles. The first-order valence-corrected chi connectivity index (χ1v) is 9.69. The predicted molar refractivity (Wildman–Crippen MR) is 97.4 cm³/mol. The van der Waals surface area contributed by atoms with Gasteiger partial charge in [-0.05, 0) is 67.9 Å². The summed E-state index contributed by atoms with van der Waals surface area (Å²) < 4.78 is 5.04. The topological polar surface area (TPSA) is 98.5 Å². The number of benzene rings is 1. The third-order valence-electron chi connectivity index (χ3n) is 6.27. The molecule has 4 bridgehead atoms. The van der Waals surface area contributed by atoms with Gasteiger partial charge in [0.05, 0.1) is 10.5 Å². The van der Waals surface area contributed by atoms with Crippen molar-refractivity contribution in [3.05, 3.63) is 38.9 Å². The molecule has 0 atom stereocenters. The largest absolute Gasteiger partial charge is 0.452 e. The third kappa shape index (κ3) is 3.65. The Kier molecular flexibility index (Phi) is 4.80. The quantitative estimate of drug-likeness (QED) is 0.470. The van der Waals surface area contributed by atoms with Crippen LogP contribution in [0.25, 0.3) is 0 Å². The van der Waals surface area contributed by atoms with Gasteiger partial charge in [0.1, 0.15) is 5.02 Å². The number of nitro benzene ring substituents is 1. The monoisotopic (exact) mass is 392 g/mol. The molecule has 0 aromatic heterocycles. The number of nitrogens with one attached hydrogen (secondary N) is 1. The summed E-state index contributed by atoms with van der Waals surface area (Å²) in [6, 6.07) is 3.85. The zero-order valence-corrected chi connectivity index (χ0v) is 15.5. The Morgan fingerprint density at radius 1 is 1.15 bits per heavy atom.